The smallest absolute Gasteiger partial charge is 0.306 e. The third kappa shape index (κ3) is 12.9. The lowest BCUT2D eigenvalue weighted by Gasteiger charge is -2.44. The summed E-state index contributed by atoms with van der Waals surface area (Å²) in [6.07, 6.45) is 33.2. The third-order valence-electron chi connectivity index (χ3n) is 19.4. The first-order valence-corrected chi connectivity index (χ1v) is 31.0. The highest BCUT2D eigenvalue weighted by Crippen LogP contribution is 2.67. The van der Waals surface area contributed by atoms with Gasteiger partial charge in [-0.2, -0.15) is 0 Å². The second-order valence-corrected chi connectivity index (χ2v) is 27.1. The molecule has 0 radical (unpaired) electrons. The zero-order valence-electron chi connectivity index (χ0n) is 54.2. The summed E-state index contributed by atoms with van der Waals surface area (Å²) in [6, 6.07) is 0. The molecule has 87 heavy (non-hydrogen) atoms. The molecule has 458 valence electrons. The van der Waals surface area contributed by atoms with E-state index in [1.807, 2.05) is 127 Å². The van der Waals surface area contributed by atoms with Crippen molar-refractivity contribution in [2.45, 2.75) is 198 Å². The maximum absolute atomic E-state index is 14.1. The van der Waals surface area contributed by atoms with Crippen LogP contribution in [0.4, 0.5) is 0 Å². The number of carbonyl (C=O) groups is 3. The Morgan fingerprint density at radius 2 is 1.44 bits per heavy atom. The molecule has 2 saturated carbocycles. The van der Waals surface area contributed by atoms with Gasteiger partial charge >= 0.3 is 11.9 Å². The molecule has 9 aliphatic rings. The highest BCUT2D eigenvalue weighted by atomic mass is 16.6. The molecule has 0 aromatic heterocycles. The molecule has 6 heterocycles. The lowest BCUT2D eigenvalue weighted by Crippen LogP contribution is -2.49. The van der Waals surface area contributed by atoms with Gasteiger partial charge in [-0.3, -0.25) is 14.4 Å². The Morgan fingerprint density at radius 1 is 0.793 bits per heavy atom. The maximum atomic E-state index is 14.1. The zero-order chi connectivity index (χ0) is 63.3. The number of ketones is 1. The fourth-order valence-electron chi connectivity index (χ4n) is 14.7. The van der Waals surface area contributed by atoms with E-state index in [1.54, 1.807) is 6.92 Å². The molecule has 0 amide bonds. The molecule has 0 aromatic carbocycles. The zero-order valence-corrected chi connectivity index (χ0v) is 54.2. The van der Waals surface area contributed by atoms with Gasteiger partial charge in [0, 0.05) is 90.0 Å². The van der Waals surface area contributed by atoms with Crippen LogP contribution in [0.1, 0.15) is 169 Å². The number of fused-ring (bicyclic) bond motifs is 6. The van der Waals surface area contributed by atoms with Crippen molar-refractivity contribution in [3.05, 3.63) is 205 Å². The lowest BCUT2D eigenvalue weighted by atomic mass is 9.61. The summed E-state index contributed by atoms with van der Waals surface area (Å²) < 4.78 is 18.5. The minimum atomic E-state index is -1.13. The van der Waals surface area contributed by atoms with Gasteiger partial charge in [-0.05, 0) is 151 Å². The minimum absolute atomic E-state index is 0.0238. The first kappa shape index (κ1) is 64.0. The van der Waals surface area contributed by atoms with Crippen LogP contribution < -0.4 is 5.32 Å². The highest BCUT2D eigenvalue weighted by Gasteiger charge is 2.76. The summed E-state index contributed by atoms with van der Waals surface area (Å²) in [5.74, 6) is -0.417. The van der Waals surface area contributed by atoms with E-state index >= 15 is 0 Å². The summed E-state index contributed by atoms with van der Waals surface area (Å²) in [5.41, 5.74) is 18.3. The van der Waals surface area contributed by atoms with Gasteiger partial charge in [0.25, 0.3) is 0 Å². The van der Waals surface area contributed by atoms with Crippen LogP contribution in [0.3, 0.4) is 0 Å². The highest BCUT2D eigenvalue weighted by molar-refractivity contribution is 6.21. The average molecular weight is 1180 g/mol. The summed E-state index contributed by atoms with van der Waals surface area (Å²) >= 11 is 0. The SMILES string of the molecule is C=CC1=C(C)C2=NC1=CC1=NC(=CC3=C(C)C4=C(O)CC(=C5NC(=C2)[C@@H](C)[C@@H]5CCC(=O)O[C@H]2CC(C)(C)[C@]5(CC(=O)/C(C)=C/C=C/C(C)=C/C=C/C=C(C)/C=C/C=C(\C)C=C=C6C(C)(C)C[C@H](OC(C)=O)C[C@@]6(C)O)O[C@]5(C)C2)C4=N3)C(CC)=C1C. The van der Waals surface area contributed by atoms with E-state index in [2.05, 4.69) is 78.2 Å². The van der Waals surface area contributed by atoms with Crippen molar-refractivity contribution in [1.82, 2.24) is 5.32 Å². The third-order valence-corrected chi connectivity index (χ3v) is 19.4. The number of ether oxygens (including phenoxy) is 3. The predicted molar refractivity (Wildman–Crippen MR) is 349 cm³/mol. The number of carbonyl (C=O) groups excluding carboxylic acids is 3. The molecule has 12 nitrogen and oxygen atoms in total. The van der Waals surface area contributed by atoms with Gasteiger partial charge in [0.15, 0.2) is 5.78 Å². The number of allylic oxidation sites excluding steroid dienone is 26. The number of nitrogens with zero attached hydrogens (tertiary/aromatic N) is 3. The van der Waals surface area contributed by atoms with Crippen molar-refractivity contribution < 1.29 is 38.8 Å². The topological polar surface area (TPSA) is 172 Å². The quantitative estimate of drug-likeness (QED) is 0.0421. The molecular formula is C75H90N4O8. The van der Waals surface area contributed by atoms with E-state index in [4.69, 9.17) is 29.2 Å². The second-order valence-electron chi connectivity index (χ2n) is 27.1. The van der Waals surface area contributed by atoms with Crippen LogP contribution in [0.25, 0.3) is 0 Å². The normalized spacial score (nSPS) is 29.6. The molecule has 12 heteroatoms. The van der Waals surface area contributed by atoms with Crippen molar-refractivity contribution in [1.29, 1.82) is 0 Å². The Balaban J connectivity index is 0.805. The number of epoxide rings is 1. The van der Waals surface area contributed by atoms with E-state index in [0.717, 1.165) is 113 Å². The number of rotatable bonds is 17. The Labute approximate surface area is 516 Å². The van der Waals surface area contributed by atoms with Gasteiger partial charge in [-0.25, -0.2) is 15.0 Å². The van der Waals surface area contributed by atoms with Crippen LogP contribution >= 0.6 is 0 Å². The largest absolute Gasteiger partial charge is 0.511 e. The summed E-state index contributed by atoms with van der Waals surface area (Å²) in [6.45, 7) is 36.2. The van der Waals surface area contributed by atoms with Crippen LogP contribution in [0.5, 0.6) is 0 Å². The lowest BCUT2D eigenvalue weighted by molar-refractivity contribution is -0.154. The van der Waals surface area contributed by atoms with Crippen LogP contribution in [0, 0.1) is 22.7 Å². The number of aliphatic imine (C=N–C) groups is 3. The number of aliphatic hydroxyl groups excluding tert-OH is 1. The fraction of sp³-hybridized carbons (Fsp3) is 0.453. The average Bonchev–Trinajstić information content (AvgIpc) is 1.51. The van der Waals surface area contributed by atoms with Gasteiger partial charge in [-0.15, -0.1) is 5.73 Å². The first-order chi connectivity index (χ1) is 40.9. The van der Waals surface area contributed by atoms with E-state index in [1.165, 1.54) is 6.92 Å². The van der Waals surface area contributed by atoms with Crippen LogP contribution in [0.2, 0.25) is 0 Å². The number of hydrogen-bond donors (Lipinski definition) is 3. The van der Waals surface area contributed by atoms with Gasteiger partial charge < -0.3 is 29.7 Å². The molecule has 3 aliphatic carbocycles. The molecule has 7 atom stereocenters. The maximum Gasteiger partial charge on any atom is 0.306 e. The number of hydrogen-bond acceptors (Lipinski definition) is 12. The van der Waals surface area contributed by atoms with Crippen molar-refractivity contribution in [2.75, 3.05) is 0 Å². The summed E-state index contributed by atoms with van der Waals surface area (Å²) in [7, 11) is 0. The second kappa shape index (κ2) is 24.6. The standard InChI is InChI=1S/C75H90N4O8/c1-18-54-47(7)58-35-60-49(9)56(69(78-60)57-34-64(81)68-50(10)61(79-70(57)68)37-63-55(19-2)48(8)59(77-63)36-62(54)76-58)31-33-67(83)86-53-39-72(14,15)75(74(17,41-53)87-75)42-65(82)46(6)29-23-28-44(4)25-21-20-24-43(3)26-22-27-45(5)30-32-66-71(12,13)38-52(85-51(11)80)40-73(66,16)84/h18,20-30,35-37,49,52-53,56,78,81,84H,1,19,31,33-34,38-42H2,2-17H3/b21-20+,26-22+,28-23+,43-24+,44-25+,45-27+,46-29+,60-35?,62-36?,63-37?,69-57?/t32?,49-,52-,53-,56-,73+,74+,75-/m0/s1. The molecular weight excluding hydrogens is 1080 g/mol. The predicted octanol–water partition coefficient (Wildman–Crippen LogP) is 15.9. The van der Waals surface area contributed by atoms with Crippen molar-refractivity contribution >= 4 is 34.9 Å². The molecule has 4 fully saturated rings. The molecule has 0 aromatic rings. The van der Waals surface area contributed by atoms with E-state index in [9.17, 15) is 24.6 Å². The van der Waals surface area contributed by atoms with Crippen LogP contribution in [-0.4, -0.2) is 74.1 Å². The number of Topliss-reactive ketones (excluding diaryl/α,β-unsaturated/α-hetero) is 1. The molecule has 8 bridgehead atoms. The molecule has 9 rings (SSSR count). The summed E-state index contributed by atoms with van der Waals surface area (Å²) in [5, 5.41) is 26.7. The van der Waals surface area contributed by atoms with Gasteiger partial charge in [-0.1, -0.05) is 126 Å². The number of aliphatic hydroxyl groups is 2. The van der Waals surface area contributed by atoms with E-state index < -0.39 is 22.2 Å². The minimum Gasteiger partial charge on any atom is -0.511 e. The fourth-order valence-corrected chi connectivity index (χ4v) is 14.7. The summed E-state index contributed by atoms with van der Waals surface area (Å²) in [4.78, 5) is 55.1. The van der Waals surface area contributed by atoms with Gasteiger partial charge in [0.2, 0.25) is 0 Å². The Kier molecular flexibility index (Phi) is 18.1. The van der Waals surface area contributed by atoms with E-state index in [0.29, 0.717) is 49.9 Å². The Morgan fingerprint density at radius 3 is 2.08 bits per heavy atom. The Hall–Kier alpha value is -7.50. The molecule has 6 aliphatic heterocycles. The number of esters is 2. The van der Waals surface area contributed by atoms with Gasteiger partial charge in [0.1, 0.15) is 23.6 Å². The molecule has 0 unspecified atom stereocenters. The molecule has 3 N–H and O–H groups in total. The van der Waals surface area contributed by atoms with Crippen LogP contribution in [0.15, 0.2) is 220 Å². The van der Waals surface area contributed by atoms with Gasteiger partial charge in [0.05, 0.1) is 45.4 Å². The number of nitrogens with one attached hydrogen (secondary N) is 1. The first-order valence-electron chi connectivity index (χ1n) is 31.0. The molecule has 2 saturated heterocycles. The van der Waals surface area contributed by atoms with Crippen molar-refractivity contribution in [3.8, 4) is 0 Å². The van der Waals surface area contributed by atoms with Crippen molar-refractivity contribution in [2.24, 2.45) is 37.6 Å². The van der Waals surface area contributed by atoms with Crippen molar-refractivity contribution in [3.63, 3.8) is 0 Å². The molecule has 0 spiro atoms. The monoisotopic (exact) mass is 1170 g/mol. The van der Waals surface area contributed by atoms with Crippen LogP contribution in [-0.2, 0) is 28.6 Å². The van der Waals surface area contributed by atoms with E-state index in [-0.39, 0.29) is 60.0 Å². The Bertz CT molecular complexity index is 3670.